The van der Waals surface area contributed by atoms with Gasteiger partial charge in [0.05, 0.1) is 5.69 Å². The summed E-state index contributed by atoms with van der Waals surface area (Å²) in [5.74, 6) is 0.464. The minimum Gasteiger partial charge on any atom is -0.451 e. The molecule has 0 saturated heterocycles. The van der Waals surface area contributed by atoms with Gasteiger partial charge in [-0.1, -0.05) is 26.0 Å². The molecule has 3 heterocycles. The van der Waals surface area contributed by atoms with E-state index in [9.17, 15) is 4.79 Å². The van der Waals surface area contributed by atoms with Crippen LogP contribution in [0.4, 0.5) is 0 Å². The van der Waals surface area contributed by atoms with Gasteiger partial charge in [-0.25, -0.2) is 14.5 Å². The van der Waals surface area contributed by atoms with Crippen LogP contribution in [-0.4, -0.2) is 25.7 Å². The van der Waals surface area contributed by atoms with Crippen LogP contribution in [0.2, 0.25) is 0 Å². The van der Waals surface area contributed by atoms with Crippen LogP contribution < -0.4 is 0 Å². The number of carbonyl (C=O) groups is 1. The molecule has 25 heavy (non-hydrogen) atoms. The molecule has 0 N–H and O–H groups in total. The molecule has 0 saturated carbocycles. The van der Waals surface area contributed by atoms with Crippen molar-refractivity contribution in [3.8, 4) is 5.82 Å². The number of ether oxygens (including phenoxy) is 1. The highest BCUT2D eigenvalue weighted by Gasteiger charge is 2.21. The Labute approximate surface area is 146 Å². The molecule has 0 aromatic carbocycles. The van der Waals surface area contributed by atoms with Gasteiger partial charge >= 0.3 is 5.97 Å². The molecular formula is C19H20N4O2. The van der Waals surface area contributed by atoms with Gasteiger partial charge in [-0.3, -0.25) is 4.98 Å². The van der Waals surface area contributed by atoms with Crippen molar-refractivity contribution in [2.24, 2.45) is 5.92 Å². The molecule has 0 fully saturated rings. The van der Waals surface area contributed by atoms with Gasteiger partial charge in [0.25, 0.3) is 0 Å². The van der Waals surface area contributed by atoms with Crippen LogP contribution in [0.15, 0.2) is 61.1 Å². The second kappa shape index (κ2) is 7.70. The number of carbonyl (C=O) groups excluding carboxylic acids is 1. The van der Waals surface area contributed by atoms with Crippen molar-refractivity contribution >= 4 is 5.97 Å². The molecule has 0 bridgehead atoms. The van der Waals surface area contributed by atoms with Gasteiger partial charge in [0.15, 0.2) is 11.5 Å². The van der Waals surface area contributed by atoms with Crippen molar-refractivity contribution in [1.29, 1.82) is 0 Å². The molecule has 0 aliphatic carbocycles. The summed E-state index contributed by atoms with van der Waals surface area (Å²) in [7, 11) is 0. The van der Waals surface area contributed by atoms with Crippen LogP contribution in [0.3, 0.4) is 0 Å². The Morgan fingerprint density at radius 2 is 2.00 bits per heavy atom. The molecule has 6 heteroatoms. The smallest absolute Gasteiger partial charge is 0.357 e. The topological polar surface area (TPSA) is 69.9 Å². The predicted octanol–water partition coefficient (Wildman–Crippen LogP) is 3.61. The highest BCUT2D eigenvalue weighted by atomic mass is 16.5. The van der Waals surface area contributed by atoms with Crippen LogP contribution in [0.5, 0.6) is 0 Å². The first-order chi connectivity index (χ1) is 12.1. The zero-order valence-corrected chi connectivity index (χ0v) is 14.2. The lowest BCUT2D eigenvalue weighted by Gasteiger charge is -2.19. The van der Waals surface area contributed by atoms with Gasteiger partial charge in [0, 0.05) is 18.6 Å². The summed E-state index contributed by atoms with van der Waals surface area (Å²) in [6, 6.07) is 12.6. The van der Waals surface area contributed by atoms with Crippen molar-refractivity contribution in [3.63, 3.8) is 0 Å². The van der Waals surface area contributed by atoms with Crippen LogP contribution in [-0.2, 0) is 4.74 Å². The summed E-state index contributed by atoms with van der Waals surface area (Å²) in [5.41, 5.74) is 0.991. The van der Waals surface area contributed by atoms with Crippen LogP contribution in [0, 0.1) is 5.92 Å². The first-order valence-corrected chi connectivity index (χ1v) is 8.22. The molecule has 0 spiro atoms. The zero-order valence-electron chi connectivity index (χ0n) is 14.2. The maximum absolute atomic E-state index is 12.6. The molecule has 0 radical (unpaired) electrons. The first-order valence-electron chi connectivity index (χ1n) is 8.22. The maximum atomic E-state index is 12.6. The van der Waals surface area contributed by atoms with E-state index < -0.39 is 12.1 Å². The van der Waals surface area contributed by atoms with Crippen molar-refractivity contribution in [2.45, 2.75) is 26.4 Å². The zero-order chi connectivity index (χ0) is 17.6. The summed E-state index contributed by atoms with van der Waals surface area (Å²) in [5, 5.41) is 4.13. The Kier molecular flexibility index (Phi) is 5.18. The van der Waals surface area contributed by atoms with E-state index in [1.165, 1.54) is 0 Å². The fraction of sp³-hybridized carbons (Fsp3) is 0.263. The number of hydrogen-bond acceptors (Lipinski definition) is 5. The molecule has 3 rings (SSSR count). The van der Waals surface area contributed by atoms with Crippen molar-refractivity contribution < 1.29 is 9.53 Å². The van der Waals surface area contributed by atoms with E-state index in [-0.39, 0.29) is 5.69 Å². The third kappa shape index (κ3) is 4.29. The van der Waals surface area contributed by atoms with E-state index in [1.807, 2.05) is 18.2 Å². The Morgan fingerprint density at radius 3 is 2.68 bits per heavy atom. The molecule has 0 amide bonds. The van der Waals surface area contributed by atoms with Crippen molar-refractivity contribution in [3.05, 3.63) is 72.4 Å². The molecule has 3 aromatic heterocycles. The normalized spacial score (nSPS) is 12.1. The second-order valence-corrected chi connectivity index (χ2v) is 6.11. The van der Waals surface area contributed by atoms with E-state index in [0.717, 1.165) is 5.69 Å². The molecule has 0 aliphatic rings. The predicted molar refractivity (Wildman–Crippen MR) is 93.2 cm³/mol. The lowest BCUT2D eigenvalue weighted by molar-refractivity contribution is 0.0230. The summed E-state index contributed by atoms with van der Waals surface area (Å²) in [6.45, 7) is 4.17. The van der Waals surface area contributed by atoms with E-state index in [4.69, 9.17) is 4.74 Å². The third-order valence-corrected chi connectivity index (χ3v) is 3.64. The highest BCUT2D eigenvalue weighted by molar-refractivity contribution is 5.87. The Morgan fingerprint density at radius 1 is 1.12 bits per heavy atom. The fourth-order valence-electron chi connectivity index (χ4n) is 2.48. The summed E-state index contributed by atoms with van der Waals surface area (Å²) in [6.07, 6.45) is 5.43. The van der Waals surface area contributed by atoms with Gasteiger partial charge < -0.3 is 4.74 Å². The number of aromatic nitrogens is 4. The SMILES string of the molecule is CC(C)C[C@@H](OC(=O)c1cccc(-n2cccn2)n1)c1ccccn1. The van der Waals surface area contributed by atoms with Gasteiger partial charge in [-0.2, -0.15) is 5.10 Å². The van der Waals surface area contributed by atoms with Crippen LogP contribution >= 0.6 is 0 Å². The van der Waals surface area contributed by atoms with Gasteiger partial charge in [0.1, 0.15) is 6.10 Å². The average molecular weight is 336 g/mol. The average Bonchev–Trinajstić information content (AvgIpc) is 3.16. The van der Waals surface area contributed by atoms with E-state index in [0.29, 0.717) is 18.2 Å². The van der Waals surface area contributed by atoms with E-state index in [1.54, 1.807) is 47.5 Å². The van der Waals surface area contributed by atoms with E-state index in [2.05, 4.69) is 28.9 Å². The monoisotopic (exact) mass is 336 g/mol. The number of nitrogens with zero attached hydrogens (tertiary/aromatic N) is 4. The Hall–Kier alpha value is -3.02. The van der Waals surface area contributed by atoms with Crippen molar-refractivity contribution in [1.82, 2.24) is 19.7 Å². The summed E-state index contributed by atoms with van der Waals surface area (Å²) >= 11 is 0. The number of pyridine rings is 2. The Bertz CT molecular complexity index is 816. The highest BCUT2D eigenvalue weighted by Crippen LogP contribution is 2.24. The molecular weight excluding hydrogens is 316 g/mol. The first kappa shape index (κ1) is 16.8. The molecule has 128 valence electrons. The largest absolute Gasteiger partial charge is 0.451 e. The van der Waals surface area contributed by atoms with Gasteiger partial charge in [-0.15, -0.1) is 0 Å². The van der Waals surface area contributed by atoms with Crippen LogP contribution in [0.25, 0.3) is 5.82 Å². The molecule has 0 aliphatic heterocycles. The minimum atomic E-state index is -0.467. The number of rotatable bonds is 6. The maximum Gasteiger partial charge on any atom is 0.357 e. The third-order valence-electron chi connectivity index (χ3n) is 3.64. The minimum absolute atomic E-state index is 0.248. The number of hydrogen-bond donors (Lipinski definition) is 0. The standard InChI is InChI=1S/C19H20N4O2/c1-14(2)13-17(15-7-3-4-10-20-15)25-19(24)16-8-5-9-18(22-16)23-12-6-11-21-23/h3-12,14,17H,13H2,1-2H3/t17-/m1/s1. The molecule has 0 unspecified atom stereocenters. The summed E-state index contributed by atoms with van der Waals surface area (Å²) < 4.78 is 7.31. The fourth-order valence-corrected chi connectivity index (χ4v) is 2.48. The lowest BCUT2D eigenvalue weighted by atomic mass is 10.0. The molecule has 1 atom stereocenters. The van der Waals surface area contributed by atoms with E-state index >= 15 is 0 Å². The lowest BCUT2D eigenvalue weighted by Crippen LogP contribution is -2.16. The molecule has 3 aromatic rings. The van der Waals surface area contributed by atoms with Crippen molar-refractivity contribution in [2.75, 3.05) is 0 Å². The quantitative estimate of drug-likeness (QED) is 0.643. The number of esters is 1. The summed E-state index contributed by atoms with van der Waals surface area (Å²) in [4.78, 5) is 21.3. The molecule has 6 nitrogen and oxygen atoms in total. The van der Waals surface area contributed by atoms with Crippen LogP contribution in [0.1, 0.15) is 42.6 Å². The second-order valence-electron chi connectivity index (χ2n) is 6.11. The van der Waals surface area contributed by atoms with Gasteiger partial charge in [-0.05, 0) is 42.7 Å². The van der Waals surface area contributed by atoms with Gasteiger partial charge in [0.2, 0.25) is 0 Å². The Balaban J connectivity index is 1.81.